The number of nitrogens with zero attached hydrogens (tertiary/aromatic N) is 2. The molecule has 0 saturated heterocycles. The van der Waals surface area contributed by atoms with Crippen molar-refractivity contribution in [3.05, 3.63) is 65.8 Å². The Morgan fingerprint density at radius 3 is 2.56 bits per heavy atom. The van der Waals surface area contributed by atoms with Crippen molar-refractivity contribution in [3.63, 3.8) is 0 Å². The lowest BCUT2D eigenvalue weighted by atomic mass is 10.2. The Bertz CT molecular complexity index is 845. The van der Waals surface area contributed by atoms with Crippen molar-refractivity contribution >= 4 is 5.91 Å². The van der Waals surface area contributed by atoms with Crippen LogP contribution in [0.1, 0.15) is 16.2 Å². The first-order valence-electron chi connectivity index (χ1n) is 7.66. The number of hydrogen-bond donors (Lipinski definition) is 1. The van der Waals surface area contributed by atoms with Crippen molar-refractivity contribution in [1.82, 2.24) is 15.5 Å². The van der Waals surface area contributed by atoms with Crippen LogP contribution in [0, 0.1) is 5.82 Å². The van der Waals surface area contributed by atoms with Crippen molar-refractivity contribution in [2.45, 2.75) is 6.42 Å². The van der Waals surface area contributed by atoms with Gasteiger partial charge in [0.2, 0.25) is 11.7 Å². The normalized spacial score (nSPS) is 10.5. The Morgan fingerprint density at radius 1 is 1.16 bits per heavy atom. The summed E-state index contributed by atoms with van der Waals surface area (Å²) in [5.41, 5.74) is 1.21. The molecular weight excluding hydrogens is 325 g/mol. The number of nitrogens with one attached hydrogen (secondary N) is 1. The molecule has 25 heavy (non-hydrogen) atoms. The minimum atomic E-state index is -0.381. The van der Waals surface area contributed by atoms with Gasteiger partial charge >= 0.3 is 0 Å². The molecule has 0 radical (unpaired) electrons. The van der Waals surface area contributed by atoms with Gasteiger partial charge in [-0.25, -0.2) is 4.39 Å². The third-order valence-corrected chi connectivity index (χ3v) is 3.55. The van der Waals surface area contributed by atoms with E-state index in [0.29, 0.717) is 30.2 Å². The maximum Gasteiger partial charge on any atom is 0.251 e. The van der Waals surface area contributed by atoms with E-state index in [1.807, 2.05) is 24.3 Å². The van der Waals surface area contributed by atoms with Gasteiger partial charge in [0.1, 0.15) is 11.6 Å². The van der Waals surface area contributed by atoms with Gasteiger partial charge in [-0.2, -0.15) is 4.98 Å². The molecule has 0 spiro atoms. The average Bonchev–Trinajstić information content (AvgIpc) is 3.11. The molecule has 1 heterocycles. The molecule has 2 aromatic carbocycles. The quantitative estimate of drug-likeness (QED) is 0.746. The number of aromatic nitrogens is 2. The molecular formula is C18H16FN3O3. The van der Waals surface area contributed by atoms with Gasteiger partial charge in [0.15, 0.2) is 0 Å². The van der Waals surface area contributed by atoms with Crippen LogP contribution in [0.15, 0.2) is 53.1 Å². The molecule has 0 bridgehead atoms. The molecule has 1 aromatic heterocycles. The summed E-state index contributed by atoms with van der Waals surface area (Å²) < 4.78 is 23.1. The average molecular weight is 341 g/mol. The number of benzene rings is 2. The second-order valence-electron chi connectivity index (χ2n) is 5.25. The largest absolute Gasteiger partial charge is 0.497 e. The summed E-state index contributed by atoms with van der Waals surface area (Å²) >= 11 is 0. The highest BCUT2D eigenvalue weighted by molar-refractivity contribution is 5.94. The van der Waals surface area contributed by atoms with E-state index < -0.39 is 0 Å². The lowest BCUT2D eigenvalue weighted by Crippen LogP contribution is -2.25. The van der Waals surface area contributed by atoms with E-state index >= 15 is 0 Å². The summed E-state index contributed by atoms with van der Waals surface area (Å²) in [5.74, 6) is 0.979. The van der Waals surface area contributed by atoms with Crippen LogP contribution >= 0.6 is 0 Å². The second kappa shape index (κ2) is 7.57. The van der Waals surface area contributed by atoms with E-state index in [9.17, 15) is 9.18 Å². The maximum atomic E-state index is 12.8. The molecule has 7 heteroatoms. The van der Waals surface area contributed by atoms with Crippen molar-refractivity contribution in [1.29, 1.82) is 0 Å². The maximum absolute atomic E-state index is 12.8. The molecule has 0 fully saturated rings. The summed E-state index contributed by atoms with van der Waals surface area (Å²) in [6, 6.07) is 12.6. The topological polar surface area (TPSA) is 77.3 Å². The third kappa shape index (κ3) is 4.20. The highest BCUT2D eigenvalue weighted by Gasteiger charge is 2.10. The van der Waals surface area contributed by atoms with E-state index in [4.69, 9.17) is 9.26 Å². The highest BCUT2D eigenvalue weighted by Crippen LogP contribution is 2.19. The molecule has 0 aliphatic carbocycles. The highest BCUT2D eigenvalue weighted by atomic mass is 19.1. The number of halogens is 1. The number of amides is 1. The van der Waals surface area contributed by atoms with Crippen molar-refractivity contribution < 1.29 is 18.4 Å². The first kappa shape index (κ1) is 16.6. The number of rotatable bonds is 6. The molecule has 1 N–H and O–H groups in total. The predicted octanol–water partition coefficient (Wildman–Crippen LogP) is 2.86. The van der Waals surface area contributed by atoms with Crippen LogP contribution in [0.3, 0.4) is 0 Å². The number of methoxy groups -OCH3 is 1. The van der Waals surface area contributed by atoms with Crippen LogP contribution in [-0.2, 0) is 6.42 Å². The minimum absolute atomic E-state index is 0.283. The lowest BCUT2D eigenvalue weighted by molar-refractivity contribution is 0.0953. The van der Waals surface area contributed by atoms with Crippen LogP contribution in [0.2, 0.25) is 0 Å². The Morgan fingerprint density at radius 2 is 1.88 bits per heavy atom. The summed E-state index contributed by atoms with van der Waals surface area (Å²) in [6.45, 7) is 0.334. The first-order chi connectivity index (χ1) is 12.2. The Balaban J connectivity index is 1.54. The van der Waals surface area contributed by atoms with Gasteiger partial charge in [-0.15, -0.1) is 0 Å². The Labute approximate surface area is 143 Å². The van der Waals surface area contributed by atoms with Crippen LogP contribution in [0.4, 0.5) is 4.39 Å². The van der Waals surface area contributed by atoms with Gasteiger partial charge in [-0.1, -0.05) is 5.16 Å². The minimum Gasteiger partial charge on any atom is -0.497 e. The van der Waals surface area contributed by atoms with E-state index in [1.165, 1.54) is 24.3 Å². The van der Waals surface area contributed by atoms with E-state index in [2.05, 4.69) is 15.5 Å². The number of carbonyl (C=O) groups is 1. The van der Waals surface area contributed by atoms with Crippen LogP contribution < -0.4 is 10.1 Å². The van der Waals surface area contributed by atoms with Crippen molar-refractivity contribution in [3.8, 4) is 17.1 Å². The first-order valence-corrected chi connectivity index (χ1v) is 7.66. The smallest absolute Gasteiger partial charge is 0.251 e. The third-order valence-electron chi connectivity index (χ3n) is 3.55. The molecule has 3 aromatic rings. The van der Waals surface area contributed by atoms with Gasteiger partial charge in [-0.3, -0.25) is 4.79 Å². The van der Waals surface area contributed by atoms with Crippen LogP contribution in [0.25, 0.3) is 11.4 Å². The molecule has 0 aliphatic rings. The van der Waals surface area contributed by atoms with E-state index in [-0.39, 0.29) is 11.7 Å². The SMILES string of the molecule is COc1ccc(-c2noc(CCNC(=O)c3ccc(F)cc3)n2)cc1. The Hall–Kier alpha value is -3.22. The number of ether oxygens (including phenoxy) is 1. The molecule has 0 aliphatic heterocycles. The van der Waals surface area contributed by atoms with E-state index in [0.717, 1.165) is 11.3 Å². The summed E-state index contributed by atoms with van der Waals surface area (Å²) in [4.78, 5) is 16.2. The standard InChI is InChI=1S/C18H16FN3O3/c1-24-15-8-4-12(5-9-15)17-21-16(25-22-17)10-11-20-18(23)13-2-6-14(19)7-3-13/h2-9H,10-11H2,1H3,(H,20,23). The van der Waals surface area contributed by atoms with Gasteiger partial charge in [0.25, 0.3) is 5.91 Å². The van der Waals surface area contributed by atoms with Crippen molar-refractivity contribution in [2.75, 3.05) is 13.7 Å². The lowest BCUT2D eigenvalue weighted by Gasteiger charge is -2.03. The summed E-state index contributed by atoms with van der Waals surface area (Å²) in [5, 5.41) is 6.65. The Kier molecular flexibility index (Phi) is 5.03. The molecule has 0 unspecified atom stereocenters. The monoisotopic (exact) mass is 341 g/mol. The zero-order valence-corrected chi connectivity index (χ0v) is 13.5. The molecule has 128 valence electrons. The fraction of sp³-hybridized carbons (Fsp3) is 0.167. The van der Waals surface area contributed by atoms with Gasteiger partial charge in [0, 0.05) is 24.1 Å². The molecule has 0 atom stereocenters. The zero-order valence-electron chi connectivity index (χ0n) is 13.5. The second-order valence-corrected chi connectivity index (χ2v) is 5.25. The number of hydrogen-bond acceptors (Lipinski definition) is 5. The summed E-state index contributed by atoms with van der Waals surface area (Å²) in [6.07, 6.45) is 0.399. The molecule has 1 amide bonds. The molecule has 0 saturated carbocycles. The van der Waals surface area contributed by atoms with Gasteiger partial charge in [-0.05, 0) is 48.5 Å². The van der Waals surface area contributed by atoms with Crippen LogP contribution in [0.5, 0.6) is 5.75 Å². The zero-order chi connectivity index (χ0) is 17.6. The molecule has 3 rings (SSSR count). The number of carbonyl (C=O) groups excluding carboxylic acids is 1. The van der Waals surface area contributed by atoms with Gasteiger partial charge in [0.05, 0.1) is 7.11 Å². The van der Waals surface area contributed by atoms with E-state index in [1.54, 1.807) is 7.11 Å². The predicted molar refractivity (Wildman–Crippen MR) is 88.7 cm³/mol. The fourth-order valence-corrected chi connectivity index (χ4v) is 2.20. The van der Waals surface area contributed by atoms with Crippen molar-refractivity contribution in [2.24, 2.45) is 0 Å². The van der Waals surface area contributed by atoms with Crippen LogP contribution in [-0.4, -0.2) is 29.7 Å². The fourth-order valence-electron chi connectivity index (χ4n) is 2.20. The summed E-state index contributed by atoms with van der Waals surface area (Å²) in [7, 11) is 1.60. The van der Waals surface area contributed by atoms with Gasteiger partial charge < -0.3 is 14.6 Å². The molecule has 6 nitrogen and oxygen atoms in total.